The molecule has 0 saturated carbocycles. The Morgan fingerprint density at radius 1 is 1.08 bits per heavy atom. The SMILES string of the molecule is CCOc1ccc(-n2c(SCCOC)nnc2-c2ccccc2Cl)cc1. The molecule has 136 valence electrons. The van der Waals surface area contributed by atoms with Crippen LogP contribution in [0.25, 0.3) is 17.1 Å². The molecule has 0 aliphatic heterocycles. The number of benzene rings is 2. The number of hydrogen-bond donors (Lipinski definition) is 0. The standard InChI is InChI=1S/C19H20ClN3O2S/c1-3-25-15-10-8-14(9-11-15)23-18(16-6-4-5-7-17(16)20)21-22-19(23)26-13-12-24-2/h4-11H,3,12-13H2,1-2H3. The Kier molecular flexibility index (Phi) is 6.55. The summed E-state index contributed by atoms with van der Waals surface area (Å²) in [5, 5.41) is 10.2. The van der Waals surface area contributed by atoms with Gasteiger partial charge in [0.1, 0.15) is 5.75 Å². The van der Waals surface area contributed by atoms with E-state index in [1.54, 1.807) is 18.9 Å². The van der Waals surface area contributed by atoms with Gasteiger partial charge in [0.05, 0.1) is 18.2 Å². The van der Waals surface area contributed by atoms with Gasteiger partial charge in [-0.25, -0.2) is 0 Å². The topological polar surface area (TPSA) is 49.2 Å². The summed E-state index contributed by atoms with van der Waals surface area (Å²) in [6.45, 7) is 3.24. The van der Waals surface area contributed by atoms with Crippen molar-refractivity contribution in [2.75, 3.05) is 26.1 Å². The van der Waals surface area contributed by atoms with E-state index in [1.165, 1.54) is 0 Å². The molecule has 0 spiro atoms. The third kappa shape index (κ3) is 4.20. The molecule has 1 aromatic heterocycles. The summed E-state index contributed by atoms with van der Waals surface area (Å²) in [6, 6.07) is 15.5. The first-order valence-electron chi connectivity index (χ1n) is 8.30. The molecule has 0 amide bonds. The Bertz CT molecular complexity index is 852. The molecule has 0 bridgehead atoms. The summed E-state index contributed by atoms with van der Waals surface area (Å²) in [7, 11) is 1.69. The molecule has 3 aromatic rings. The molecule has 0 atom stereocenters. The van der Waals surface area contributed by atoms with Crippen LogP contribution in [0.2, 0.25) is 5.02 Å². The van der Waals surface area contributed by atoms with Gasteiger partial charge in [0, 0.05) is 24.1 Å². The Labute approximate surface area is 162 Å². The van der Waals surface area contributed by atoms with Crippen LogP contribution in [0.3, 0.4) is 0 Å². The number of ether oxygens (including phenoxy) is 2. The Morgan fingerprint density at radius 2 is 1.85 bits per heavy atom. The van der Waals surface area contributed by atoms with Crippen molar-refractivity contribution in [1.29, 1.82) is 0 Å². The molecule has 0 unspecified atom stereocenters. The van der Waals surface area contributed by atoms with Crippen molar-refractivity contribution in [1.82, 2.24) is 14.8 Å². The van der Waals surface area contributed by atoms with Crippen LogP contribution in [0.1, 0.15) is 6.92 Å². The van der Waals surface area contributed by atoms with E-state index >= 15 is 0 Å². The van der Waals surface area contributed by atoms with Gasteiger partial charge < -0.3 is 9.47 Å². The molecule has 7 heteroatoms. The van der Waals surface area contributed by atoms with Gasteiger partial charge in [0.2, 0.25) is 0 Å². The number of halogens is 1. The minimum Gasteiger partial charge on any atom is -0.494 e. The smallest absolute Gasteiger partial charge is 0.196 e. The second-order valence-electron chi connectivity index (χ2n) is 5.39. The van der Waals surface area contributed by atoms with Gasteiger partial charge in [0.15, 0.2) is 11.0 Å². The van der Waals surface area contributed by atoms with Gasteiger partial charge in [-0.15, -0.1) is 10.2 Å². The Hall–Kier alpha value is -2.02. The second-order valence-corrected chi connectivity index (χ2v) is 6.86. The van der Waals surface area contributed by atoms with Crippen molar-refractivity contribution < 1.29 is 9.47 Å². The highest BCUT2D eigenvalue weighted by Gasteiger charge is 2.18. The highest BCUT2D eigenvalue weighted by molar-refractivity contribution is 7.99. The molecule has 26 heavy (non-hydrogen) atoms. The van der Waals surface area contributed by atoms with E-state index in [4.69, 9.17) is 21.1 Å². The summed E-state index contributed by atoms with van der Waals surface area (Å²) < 4.78 is 12.7. The number of rotatable bonds is 8. The van der Waals surface area contributed by atoms with E-state index in [0.29, 0.717) is 24.1 Å². The molecule has 0 fully saturated rings. The van der Waals surface area contributed by atoms with Gasteiger partial charge >= 0.3 is 0 Å². The fraction of sp³-hybridized carbons (Fsp3) is 0.263. The molecule has 2 aromatic carbocycles. The lowest BCUT2D eigenvalue weighted by atomic mass is 10.2. The number of aromatic nitrogens is 3. The first-order valence-corrected chi connectivity index (χ1v) is 9.66. The van der Waals surface area contributed by atoms with Gasteiger partial charge in [-0.1, -0.05) is 35.5 Å². The minimum atomic E-state index is 0.634. The van der Waals surface area contributed by atoms with E-state index in [-0.39, 0.29) is 0 Å². The molecule has 0 saturated heterocycles. The van der Waals surface area contributed by atoms with Crippen molar-refractivity contribution in [3.63, 3.8) is 0 Å². The molecule has 1 heterocycles. The summed E-state index contributed by atoms with van der Waals surface area (Å²) in [6.07, 6.45) is 0. The molecule has 0 aliphatic rings. The molecular formula is C19H20ClN3O2S. The van der Waals surface area contributed by atoms with E-state index < -0.39 is 0 Å². The zero-order valence-electron chi connectivity index (χ0n) is 14.7. The number of hydrogen-bond acceptors (Lipinski definition) is 5. The summed E-state index contributed by atoms with van der Waals surface area (Å²) in [4.78, 5) is 0. The van der Waals surface area contributed by atoms with Crippen LogP contribution in [-0.2, 0) is 4.74 Å². The van der Waals surface area contributed by atoms with Crippen LogP contribution in [-0.4, -0.2) is 40.8 Å². The minimum absolute atomic E-state index is 0.634. The lowest BCUT2D eigenvalue weighted by molar-refractivity contribution is 0.218. The van der Waals surface area contributed by atoms with Gasteiger partial charge in [-0.3, -0.25) is 4.57 Å². The van der Waals surface area contributed by atoms with Crippen LogP contribution < -0.4 is 4.74 Å². The van der Waals surface area contributed by atoms with Crippen LogP contribution in [0, 0.1) is 0 Å². The average molecular weight is 390 g/mol. The van der Waals surface area contributed by atoms with Crippen molar-refractivity contribution >= 4 is 23.4 Å². The molecule has 0 N–H and O–H groups in total. The highest BCUT2D eigenvalue weighted by Crippen LogP contribution is 2.32. The van der Waals surface area contributed by atoms with Crippen LogP contribution in [0.15, 0.2) is 53.7 Å². The van der Waals surface area contributed by atoms with Crippen molar-refractivity contribution in [2.24, 2.45) is 0 Å². The number of methoxy groups -OCH3 is 1. The Balaban J connectivity index is 2.04. The molecule has 5 nitrogen and oxygen atoms in total. The van der Waals surface area contributed by atoms with Crippen molar-refractivity contribution in [3.05, 3.63) is 53.6 Å². The monoisotopic (exact) mass is 389 g/mol. The van der Waals surface area contributed by atoms with E-state index in [2.05, 4.69) is 10.2 Å². The summed E-state index contributed by atoms with van der Waals surface area (Å²) >= 11 is 7.99. The fourth-order valence-electron chi connectivity index (χ4n) is 2.49. The van der Waals surface area contributed by atoms with E-state index in [9.17, 15) is 0 Å². The van der Waals surface area contributed by atoms with Crippen molar-refractivity contribution in [3.8, 4) is 22.8 Å². The van der Waals surface area contributed by atoms with Crippen molar-refractivity contribution in [2.45, 2.75) is 12.1 Å². The first kappa shape index (κ1) is 18.8. The zero-order chi connectivity index (χ0) is 18.4. The van der Waals surface area contributed by atoms with Gasteiger partial charge in [-0.05, 0) is 43.3 Å². The lowest BCUT2D eigenvalue weighted by Gasteiger charge is -2.12. The largest absolute Gasteiger partial charge is 0.494 e. The number of nitrogens with zero attached hydrogens (tertiary/aromatic N) is 3. The fourth-order valence-corrected chi connectivity index (χ4v) is 3.56. The second kappa shape index (κ2) is 9.07. The molecule has 0 radical (unpaired) electrons. The normalized spacial score (nSPS) is 10.9. The van der Waals surface area contributed by atoms with E-state index in [0.717, 1.165) is 27.9 Å². The van der Waals surface area contributed by atoms with Crippen LogP contribution >= 0.6 is 23.4 Å². The third-order valence-electron chi connectivity index (χ3n) is 3.67. The molecule has 3 rings (SSSR count). The predicted molar refractivity (Wildman–Crippen MR) is 106 cm³/mol. The van der Waals surface area contributed by atoms with Gasteiger partial charge in [-0.2, -0.15) is 0 Å². The molecular weight excluding hydrogens is 370 g/mol. The maximum Gasteiger partial charge on any atom is 0.196 e. The Morgan fingerprint density at radius 3 is 2.54 bits per heavy atom. The van der Waals surface area contributed by atoms with E-state index in [1.807, 2.05) is 60.0 Å². The summed E-state index contributed by atoms with van der Waals surface area (Å²) in [5.74, 6) is 2.32. The quantitative estimate of drug-likeness (QED) is 0.412. The predicted octanol–water partition coefficient (Wildman–Crippen LogP) is 4.72. The third-order valence-corrected chi connectivity index (χ3v) is 4.90. The summed E-state index contributed by atoms with van der Waals surface area (Å²) in [5.41, 5.74) is 1.79. The average Bonchev–Trinajstić information content (AvgIpc) is 3.07. The maximum absolute atomic E-state index is 6.39. The molecule has 0 aliphatic carbocycles. The lowest BCUT2D eigenvalue weighted by Crippen LogP contribution is -2.02. The van der Waals surface area contributed by atoms with Crippen LogP contribution in [0.5, 0.6) is 5.75 Å². The van der Waals surface area contributed by atoms with Gasteiger partial charge in [0.25, 0.3) is 0 Å². The van der Waals surface area contributed by atoms with Crippen LogP contribution in [0.4, 0.5) is 0 Å². The maximum atomic E-state index is 6.39. The zero-order valence-corrected chi connectivity index (χ0v) is 16.3. The first-order chi connectivity index (χ1) is 12.7. The number of thioether (sulfide) groups is 1. The highest BCUT2D eigenvalue weighted by atomic mass is 35.5.